The lowest BCUT2D eigenvalue weighted by Crippen LogP contribution is -2.36. The van der Waals surface area contributed by atoms with Gasteiger partial charge < -0.3 is 4.74 Å². The highest BCUT2D eigenvalue weighted by Crippen LogP contribution is 2.42. The molecule has 1 heterocycles. The number of carbonyl (C=O) groups excluding carboxylic acids is 1. The highest BCUT2D eigenvalue weighted by atomic mass is 79.9. The van der Waals surface area contributed by atoms with Gasteiger partial charge in [-0.2, -0.15) is 0 Å². The van der Waals surface area contributed by atoms with Crippen LogP contribution in [0.3, 0.4) is 0 Å². The Morgan fingerprint density at radius 3 is 2.78 bits per heavy atom. The van der Waals surface area contributed by atoms with Crippen LogP contribution in [-0.2, 0) is 0 Å². The van der Waals surface area contributed by atoms with Crippen molar-refractivity contribution in [3.8, 4) is 5.75 Å². The van der Waals surface area contributed by atoms with Crippen molar-refractivity contribution in [3.05, 3.63) is 40.4 Å². The Bertz CT molecular complexity index is 659. The van der Waals surface area contributed by atoms with Crippen LogP contribution in [-0.4, -0.2) is 11.4 Å². The molecule has 3 heteroatoms. The minimum absolute atomic E-state index is 0.146. The molecule has 2 nitrogen and oxygen atoms in total. The average Bonchev–Trinajstić information content (AvgIpc) is 2.30. The first kappa shape index (κ1) is 11.7. The first-order chi connectivity index (χ1) is 8.48. The molecule has 0 amide bonds. The number of benzene rings is 2. The fourth-order valence-electron chi connectivity index (χ4n) is 2.39. The van der Waals surface area contributed by atoms with Gasteiger partial charge in [0.1, 0.15) is 11.4 Å². The summed E-state index contributed by atoms with van der Waals surface area (Å²) in [6, 6.07) is 9.91. The molecule has 0 radical (unpaired) electrons. The molecule has 1 aliphatic heterocycles. The van der Waals surface area contributed by atoms with Crippen molar-refractivity contribution in [2.24, 2.45) is 0 Å². The van der Waals surface area contributed by atoms with E-state index >= 15 is 0 Å². The van der Waals surface area contributed by atoms with Gasteiger partial charge in [-0.05, 0) is 46.6 Å². The first-order valence-corrected chi connectivity index (χ1v) is 6.71. The third kappa shape index (κ3) is 1.74. The molecule has 0 spiro atoms. The van der Waals surface area contributed by atoms with Gasteiger partial charge in [-0.25, -0.2) is 0 Å². The number of hydrogen-bond acceptors (Lipinski definition) is 2. The van der Waals surface area contributed by atoms with Crippen molar-refractivity contribution in [2.45, 2.75) is 25.9 Å². The van der Waals surface area contributed by atoms with Gasteiger partial charge in [-0.1, -0.05) is 24.3 Å². The second-order valence-electron chi connectivity index (χ2n) is 5.25. The summed E-state index contributed by atoms with van der Waals surface area (Å²) in [5, 5.41) is 2.13. The van der Waals surface area contributed by atoms with Crippen molar-refractivity contribution in [1.29, 1.82) is 0 Å². The molecule has 18 heavy (non-hydrogen) atoms. The fourth-order valence-corrected chi connectivity index (χ4v) is 3.04. The van der Waals surface area contributed by atoms with E-state index in [9.17, 15) is 4.79 Å². The third-order valence-corrected chi connectivity index (χ3v) is 3.99. The van der Waals surface area contributed by atoms with Gasteiger partial charge in [-0.15, -0.1) is 0 Å². The molecule has 0 atom stereocenters. The smallest absolute Gasteiger partial charge is 0.170 e. The molecule has 0 aromatic heterocycles. The molecule has 92 valence electrons. The van der Waals surface area contributed by atoms with E-state index in [2.05, 4.69) is 15.9 Å². The molecular formula is C15H13BrO2. The van der Waals surface area contributed by atoms with Gasteiger partial charge in [0.05, 0.1) is 16.5 Å². The summed E-state index contributed by atoms with van der Waals surface area (Å²) in [6.45, 7) is 3.88. The largest absolute Gasteiger partial charge is 0.485 e. The normalized spacial score (nSPS) is 17.4. The number of Topliss-reactive ketones (excluding diaryl/α,β-unsaturated/α-hetero) is 1. The summed E-state index contributed by atoms with van der Waals surface area (Å²) in [6.07, 6.45) is 0.421. The lowest BCUT2D eigenvalue weighted by Gasteiger charge is -2.32. The molecule has 0 unspecified atom stereocenters. The minimum atomic E-state index is -0.435. The number of ether oxygens (including phenoxy) is 1. The highest BCUT2D eigenvalue weighted by molar-refractivity contribution is 9.10. The number of carbonyl (C=O) groups is 1. The molecule has 0 N–H and O–H groups in total. The van der Waals surface area contributed by atoms with E-state index in [-0.39, 0.29) is 5.78 Å². The van der Waals surface area contributed by atoms with Crippen LogP contribution in [0, 0.1) is 0 Å². The summed E-state index contributed by atoms with van der Waals surface area (Å²) < 4.78 is 6.83. The number of fused-ring (bicyclic) bond motifs is 2. The molecule has 0 bridgehead atoms. The van der Waals surface area contributed by atoms with Crippen molar-refractivity contribution < 1.29 is 9.53 Å². The zero-order valence-corrected chi connectivity index (χ0v) is 11.9. The summed E-state index contributed by atoms with van der Waals surface area (Å²) in [7, 11) is 0. The van der Waals surface area contributed by atoms with Crippen LogP contribution in [0.1, 0.15) is 30.6 Å². The van der Waals surface area contributed by atoms with Gasteiger partial charge in [0.15, 0.2) is 5.78 Å². The summed E-state index contributed by atoms with van der Waals surface area (Å²) in [5.74, 6) is 0.822. The maximum absolute atomic E-state index is 12.2. The lowest BCUT2D eigenvalue weighted by molar-refractivity contribution is 0.0617. The quantitative estimate of drug-likeness (QED) is 0.723. The van der Waals surface area contributed by atoms with Crippen LogP contribution in [0.25, 0.3) is 10.8 Å². The Kier molecular flexibility index (Phi) is 2.49. The molecule has 1 aliphatic rings. The standard InChI is InChI=1S/C15H13BrO2/c1-15(2)8-12(17)11-7-9-5-3-4-6-10(9)13(16)14(11)18-15/h3-7H,8H2,1-2H3. The minimum Gasteiger partial charge on any atom is -0.485 e. The van der Waals surface area contributed by atoms with Crippen LogP contribution >= 0.6 is 15.9 Å². The predicted molar refractivity (Wildman–Crippen MR) is 75.3 cm³/mol. The Morgan fingerprint density at radius 2 is 2.00 bits per heavy atom. The van der Waals surface area contributed by atoms with Crippen molar-refractivity contribution in [3.63, 3.8) is 0 Å². The Labute approximate surface area is 114 Å². The zero-order chi connectivity index (χ0) is 12.9. The van der Waals surface area contributed by atoms with Crippen LogP contribution < -0.4 is 4.74 Å². The van der Waals surface area contributed by atoms with Crippen LogP contribution in [0.15, 0.2) is 34.8 Å². The van der Waals surface area contributed by atoms with Gasteiger partial charge in [0.2, 0.25) is 0 Å². The monoisotopic (exact) mass is 304 g/mol. The second-order valence-corrected chi connectivity index (χ2v) is 6.04. The summed E-state index contributed by atoms with van der Waals surface area (Å²) >= 11 is 3.57. The van der Waals surface area contributed by atoms with E-state index in [1.807, 2.05) is 44.2 Å². The van der Waals surface area contributed by atoms with Gasteiger partial charge in [0.25, 0.3) is 0 Å². The van der Waals surface area contributed by atoms with Crippen LogP contribution in [0.4, 0.5) is 0 Å². The van der Waals surface area contributed by atoms with Crippen molar-refractivity contribution in [1.82, 2.24) is 0 Å². The SMILES string of the molecule is CC1(C)CC(=O)c2cc3ccccc3c(Br)c2O1. The van der Waals surface area contributed by atoms with Crippen molar-refractivity contribution in [2.75, 3.05) is 0 Å². The van der Waals surface area contributed by atoms with E-state index < -0.39 is 5.60 Å². The zero-order valence-electron chi connectivity index (χ0n) is 10.3. The van der Waals surface area contributed by atoms with E-state index in [4.69, 9.17) is 4.74 Å². The Balaban J connectivity index is 2.34. The molecule has 2 aromatic carbocycles. The van der Waals surface area contributed by atoms with E-state index in [0.717, 1.165) is 15.2 Å². The van der Waals surface area contributed by atoms with Crippen LogP contribution in [0.2, 0.25) is 0 Å². The molecule has 0 saturated carbocycles. The first-order valence-electron chi connectivity index (χ1n) is 5.91. The summed E-state index contributed by atoms with van der Waals surface area (Å²) in [4.78, 5) is 12.2. The summed E-state index contributed by atoms with van der Waals surface area (Å²) in [5.41, 5.74) is 0.245. The van der Waals surface area contributed by atoms with E-state index in [0.29, 0.717) is 17.7 Å². The fraction of sp³-hybridized carbons (Fsp3) is 0.267. The highest BCUT2D eigenvalue weighted by Gasteiger charge is 2.34. The molecule has 0 saturated heterocycles. The topological polar surface area (TPSA) is 26.3 Å². The van der Waals surface area contributed by atoms with Crippen LogP contribution in [0.5, 0.6) is 5.75 Å². The van der Waals surface area contributed by atoms with E-state index in [1.165, 1.54) is 0 Å². The number of hydrogen-bond donors (Lipinski definition) is 0. The average molecular weight is 305 g/mol. The lowest BCUT2D eigenvalue weighted by atomic mass is 9.91. The molecule has 2 aromatic rings. The Hall–Kier alpha value is -1.35. The van der Waals surface area contributed by atoms with Gasteiger partial charge in [0, 0.05) is 0 Å². The maximum Gasteiger partial charge on any atom is 0.170 e. The number of rotatable bonds is 0. The maximum atomic E-state index is 12.2. The molecule has 0 fully saturated rings. The number of halogens is 1. The van der Waals surface area contributed by atoms with E-state index in [1.54, 1.807) is 0 Å². The Morgan fingerprint density at radius 1 is 1.28 bits per heavy atom. The molecule has 0 aliphatic carbocycles. The van der Waals surface area contributed by atoms with Gasteiger partial charge >= 0.3 is 0 Å². The predicted octanol–water partition coefficient (Wildman–Crippen LogP) is 4.35. The van der Waals surface area contributed by atoms with Crippen molar-refractivity contribution >= 4 is 32.5 Å². The number of ketones is 1. The second kappa shape index (κ2) is 3.82. The third-order valence-electron chi connectivity index (χ3n) is 3.21. The molecule has 3 rings (SSSR count). The molecular weight excluding hydrogens is 292 g/mol. The van der Waals surface area contributed by atoms with Gasteiger partial charge in [-0.3, -0.25) is 4.79 Å².